The molecule has 0 atom stereocenters. The van der Waals surface area contributed by atoms with E-state index in [0.717, 1.165) is 11.2 Å². The highest BCUT2D eigenvalue weighted by Crippen LogP contribution is 2.49. The molecule has 0 saturated heterocycles. The van der Waals surface area contributed by atoms with Gasteiger partial charge in [0.05, 0.1) is 10.6 Å². The molecule has 2 heterocycles. The predicted octanol–water partition coefficient (Wildman–Crippen LogP) is 2.42. The molecule has 1 N–H and O–H groups in total. The summed E-state index contributed by atoms with van der Waals surface area (Å²) in [4.78, 5) is 11.8. The van der Waals surface area contributed by atoms with Gasteiger partial charge >= 0.3 is 5.97 Å². The van der Waals surface area contributed by atoms with Gasteiger partial charge in [0.15, 0.2) is 5.76 Å². The number of hydrogen-bond donors (Lipinski definition) is 1. The number of esters is 1. The average Bonchev–Trinajstić information content (AvgIpc) is 3.07. The maximum Gasteiger partial charge on any atom is 0.308 e. The van der Waals surface area contributed by atoms with Gasteiger partial charge in [0.2, 0.25) is 21.5 Å². The molecule has 0 fully saturated rings. The van der Waals surface area contributed by atoms with Gasteiger partial charge in [-0.25, -0.2) is 12.7 Å². The van der Waals surface area contributed by atoms with Gasteiger partial charge in [-0.2, -0.15) is 0 Å². The third-order valence-electron chi connectivity index (χ3n) is 2.88. The number of carbonyl (C=O) groups is 1. The van der Waals surface area contributed by atoms with Crippen LogP contribution in [-0.4, -0.2) is 32.3 Å². The van der Waals surface area contributed by atoms with Crippen molar-refractivity contribution in [3.05, 3.63) is 17.5 Å². The SMILES string of the molecule is CCS(=O)(=O)N(C)c1oc(-c2cccs2)c(O)c1OC(C)=O. The highest BCUT2D eigenvalue weighted by molar-refractivity contribution is 7.92. The second-order valence-electron chi connectivity index (χ2n) is 4.35. The first-order chi connectivity index (χ1) is 10.3. The van der Waals surface area contributed by atoms with Crippen LogP contribution in [0, 0.1) is 0 Å². The Morgan fingerprint density at radius 1 is 1.50 bits per heavy atom. The first-order valence-corrected chi connectivity index (χ1v) is 8.81. The fraction of sp³-hybridized carbons (Fsp3) is 0.308. The van der Waals surface area contributed by atoms with Crippen molar-refractivity contribution in [3.63, 3.8) is 0 Å². The molecule has 9 heteroatoms. The molecule has 0 aliphatic carbocycles. The Morgan fingerprint density at radius 2 is 2.18 bits per heavy atom. The van der Waals surface area contributed by atoms with E-state index in [0.29, 0.717) is 4.88 Å². The van der Waals surface area contributed by atoms with E-state index in [2.05, 4.69) is 0 Å². The number of sulfonamides is 1. The van der Waals surface area contributed by atoms with Crippen LogP contribution in [0.5, 0.6) is 11.5 Å². The minimum atomic E-state index is -3.64. The van der Waals surface area contributed by atoms with E-state index in [1.807, 2.05) is 0 Å². The summed E-state index contributed by atoms with van der Waals surface area (Å²) >= 11 is 1.29. The zero-order valence-corrected chi connectivity index (χ0v) is 13.8. The summed E-state index contributed by atoms with van der Waals surface area (Å²) < 4.78 is 35.2. The van der Waals surface area contributed by atoms with Crippen molar-refractivity contribution < 1.29 is 27.5 Å². The Morgan fingerprint density at radius 3 is 2.68 bits per heavy atom. The molecular formula is C13H15NO6S2. The van der Waals surface area contributed by atoms with E-state index in [1.165, 1.54) is 25.3 Å². The number of nitrogens with zero attached hydrogens (tertiary/aromatic N) is 1. The molecular weight excluding hydrogens is 330 g/mol. The van der Waals surface area contributed by atoms with E-state index in [-0.39, 0.29) is 23.1 Å². The van der Waals surface area contributed by atoms with Crippen LogP contribution in [0.3, 0.4) is 0 Å². The second-order valence-corrected chi connectivity index (χ2v) is 7.59. The highest BCUT2D eigenvalue weighted by Gasteiger charge is 2.31. The van der Waals surface area contributed by atoms with Gasteiger partial charge in [-0.05, 0) is 18.4 Å². The molecule has 0 spiro atoms. The Labute approximate surface area is 131 Å². The zero-order chi connectivity index (χ0) is 16.5. The van der Waals surface area contributed by atoms with Crippen LogP contribution in [0.2, 0.25) is 0 Å². The lowest BCUT2D eigenvalue weighted by molar-refractivity contribution is -0.132. The summed E-state index contributed by atoms with van der Waals surface area (Å²) in [6.07, 6.45) is 0. The molecule has 0 aliphatic rings. The molecule has 0 saturated carbocycles. The Hall–Kier alpha value is -2.00. The van der Waals surface area contributed by atoms with Gasteiger partial charge in [0.25, 0.3) is 5.88 Å². The van der Waals surface area contributed by atoms with Crippen LogP contribution in [0.15, 0.2) is 21.9 Å². The van der Waals surface area contributed by atoms with Gasteiger partial charge < -0.3 is 14.3 Å². The first kappa shape index (κ1) is 16.4. The summed E-state index contributed by atoms with van der Waals surface area (Å²) in [6.45, 7) is 2.62. The van der Waals surface area contributed by atoms with Crippen molar-refractivity contribution in [1.29, 1.82) is 0 Å². The summed E-state index contributed by atoms with van der Waals surface area (Å²) in [5, 5.41) is 12.0. The summed E-state index contributed by atoms with van der Waals surface area (Å²) in [7, 11) is -2.38. The minimum absolute atomic E-state index is 0.0550. The fourth-order valence-corrected chi connectivity index (χ4v) is 3.20. The molecule has 0 amide bonds. The molecule has 2 rings (SSSR count). The lowest BCUT2D eigenvalue weighted by atomic mass is 10.3. The van der Waals surface area contributed by atoms with Crippen LogP contribution in [0.4, 0.5) is 5.88 Å². The Balaban J connectivity index is 2.62. The van der Waals surface area contributed by atoms with Crippen molar-refractivity contribution in [1.82, 2.24) is 0 Å². The lowest BCUT2D eigenvalue weighted by Crippen LogP contribution is -2.28. The number of hydrogen-bond acceptors (Lipinski definition) is 7. The third kappa shape index (κ3) is 2.95. The van der Waals surface area contributed by atoms with Gasteiger partial charge in [-0.1, -0.05) is 6.07 Å². The van der Waals surface area contributed by atoms with Crippen LogP contribution in [0.25, 0.3) is 10.6 Å². The molecule has 2 aromatic heterocycles. The maximum atomic E-state index is 12.0. The molecule has 120 valence electrons. The van der Waals surface area contributed by atoms with Crippen LogP contribution in [0.1, 0.15) is 13.8 Å². The molecule has 7 nitrogen and oxygen atoms in total. The fourth-order valence-electron chi connectivity index (χ4n) is 1.73. The van der Waals surface area contributed by atoms with E-state index in [9.17, 15) is 18.3 Å². The number of furan rings is 1. The van der Waals surface area contributed by atoms with Gasteiger partial charge in [0.1, 0.15) is 0 Å². The van der Waals surface area contributed by atoms with Crippen LogP contribution >= 0.6 is 11.3 Å². The molecule has 0 aromatic carbocycles. The van der Waals surface area contributed by atoms with Crippen molar-refractivity contribution in [3.8, 4) is 22.1 Å². The van der Waals surface area contributed by atoms with E-state index >= 15 is 0 Å². The molecule has 0 unspecified atom stereocenters. The van der Waals surface area contributed by atoms with E-state index in [1.54, 1.807) is 17.5 Å². The number of thiophene rings is 1. The van der Waals surface area contributed by atoms with Crippen molar-refractivity contribution in [2.75, 3.05) is 17.1 Å². The normalized spacial score (nSPS) is 11.4. The quantitative estimate of drug-likeness (QED) is 0.836. The van der Waals surface area contributed by atoms with Gasteiger partial charge in [-0.15, -0.1) is 11.3 Å². The van der Waals surface area contributed by atoms with E-state index < -0.39 is 21.7 Å². The Kier molecular flexibility index (Phi) is 4.47. The summed E-state index contributed by atoms with van der Waals surface area (Å²) in [6, 6.07) is 3.44. The average molecular weight is 345 g/mol. The second kappa shape index (κ2) is 6.01. The van der Waals surface area contributed by atoms with Crippen molar-refractivity contribution >= 4 is 33.2 Å². The van der Waals surface area contributed by atoms with Crippen LogP contribution < -0.4 is 9.04 Å². The Bertz CT molecular complexity index is 776. The van der Waals surface area contributed by atoms with Gasteiger partial charge in [0, 0.05) is 14.0 Å². The number of rotatable bonds is 5. The largest absolute Gasteiger partial charge is 0.501 e. The maximum absolute atomic E-state index is 12.0. The monoisotopic (exact) mass is 345 g/mol. The number of carbonyl (C=O) groups excluding carboxylic acids is 1. The smallest absolute Gasteiger partial charge is 0.308 e. The molecule has 0 bridgehead atoms. The first-order valence-electron chi connectivity index (χ1n) is 6.32. The molecule has 0 aliphatic heterocycles. The summed E-state index contributed by atoms with van der Waals surface area (Å²) in [5.41, 5.74) is 0. The zero-order valence-electron chi connectivity index (χ0n) is 12.2. The van der Waals surface area contributed by atoms with Gasteiger partial charge in [-0.3, -0.25) is 4.79 Å². The molecule has 22 heavy (non-hydrogen) atoms. The van der Waals surface area contributed by atoms with Crippen molar-refractivity contribution in [2.24, 2.45) is 0 Å². The standard InChI is InChI=1S/C13H15NO6S2/c1-4-22(17,18)14(3)13-12(19-8(2)15)10(16)11(20-13)9-6-5-7-21-9/h5-7,16H,4H2,1-3H3. The lowest BCUT2D eigenvalue weighted by Gasteiger charge is -2.16. The van der Waals surface area contributed by atoms with Crippen molar-refractivity contribution in [2.45, 2.75) is 13.8 Å². The number of ether oxygens (including phenoxy) is 1. The molecule has 0 radical (unpaired) electrons. The van der Waals surface area contributed by atoms with E-state index in [4.69, 9.17) is 9.15 Å². The molecule has 2 aromatic rings. The number of anilines is 1. The topological polar surface area (TPSA) is 97.1 Å². The van der Waals surface area contributed by atoms with Crippen LogP contribution in [-0.2, 0) is 14.8 Å². The third-order valence-corrected chi connectivity index (χ3v) is 5.48. The predicted molar refractivity (Wildman–Crippen MR) is 82.9 cm³/mol. The number of aromatic hydroxyl groups is 1. The minimum Gasteiger partial charge on any atom is -0.501 e. The highest BCUT2D eigenvalue weighted by atomic mass is 32.2. The summed E-state index contributed by atoms with van der Waals surface area (Å²) in [5.74, 6) is -1.77.